The van der Waals surface area contributed by atoms with Crippen LogP contribution in [0.1, 0.15) is 18.9 Å². The van der Waals surface area contributed by atoms with E-state index in [2.05, 4.69) is 22.4 Å². The van der Waals surface area contributed by atoms with Crippen molar-refractivity contribution in [1.29, 1.82) is 0 Å². The molecule has 0 aliphatic carbocycles. The van der Waals surface area contributed by atoms with E-state index in [0.29, 0.717) is 17.3 Å². The van der Waals surface area contributed by atoms with Gasteiger partial charge in [0.05, 0.1) is 5.75 Å². The summed E-state index contributed by atoms with van der Waals surface area (Å²) < 4.78 is 1.78. The van der Waals surface area contributed by atoms with Crippen LogP contribution in [0.15, 0.2) is 32.9 Å². The zero-order chi connectivity index (χ0) is 15.8. The molecule has 4 nitrogen and oxygen atoms in total. The van der Waals surface area contributed by atoms with Gasteiger partial charge in [0.15, 0.2) is 8.68 Å². The molecule has 1 aromatic heterocycles. The smallest absolute Gasteiger partial charge is 0.230 e. The molecule has 0 radical (unpaired) electrons. The molecule has 0 aliphatic rings. The number of aromatic nitrogens is 2. The van der Waals surface area contributed by atoms with Crippen molar-refractivity contribution in [1.82, 2.24) is 15.5 Å². The highest BCUT2D eigenvalue weighted by Gasteiger charge is 2.09. The number of carbonyl (C=O) groups is 1. The number of rotatable bonds is 8. The Hall–Kier alpha value is -0.760. The van der Waals surface area contributed by atoms with Gasteiger partial charge >= 0.3 is 0 Å². The van der Waals surface area contributed by atoms with Crippen molar-refractivity contribution in [2.24, 2.45) is 0 Å². The van der Waals surface area contributed by atoms with Gasteiger partial charge in [-0.2, -0.15) is 0 Å². The van der Waals surface area contributed by atoms with Crippen LogP contribution in [0.25, 0.3) is 0 Å². The van der Waals surface area contributed by atoms with Gasteiger partial charge in [-0.15, -0.1) is 10.2 Å². The van der Waals surface area contributed by atoms with Crippen molar-refractivity contribution >= 4 is 52.4 Å². The molecule has 2 rings (SSSR count). The Kier molecular flexibility index (Phi) is 7.51. The van der Waals surface area contributed by atoms with Crippen molar-refractivity contribution in [2.75, 3.05) is 11.5 Å². The number of thioether (sulfide) groups is 2. The average Bonchev–Trinajstić information content (AvgIpc) is 2.98. The van der Waals surface area contributed by atoms with E-state index >= 15 is 0 Å². The molecule has 118 valence electrons. The Morgan fingerprint density at radius 2 is 2.00 bits per heavy atom. The molecule has 0 bridgehead atoms. The van der Waals surface area contributed by atoms with Gasteiger partial charge in [0.1, 0.15) is 0 Å². The van der Waals surface area contributed by atoms with Gasteiger partial charge in [-0.05, 0) is 18.1 Å². The molecule has 0 atom stereocenters. The number of amides is 1. The molecule has 0 saturated carbocycles. The molecule has 1 N–H and O–H groups in total. The Balaban J connectivity index is 1.73. The van der Waals surface area contributed by atoms with Crippen LogP contribution in [0, 0.1) is 0 Å². The first kappa shape index (κ1) is 17.6. The number of hydrogen-bond donors (Lipinski definition) is 1. The molecule has 1 aromatic carbocycles. The highest BCUT2D eigenvalue weighted by atomic mass is 35.5. The minimum Gasteiger partial charge on any atom is -0.351 e. The number of nitrogens with zero attached hydrogens (tertiary/aromatic N) is 2. The van der Waals surface area contributed by atoms with Crippen LogP contribution in [-0.4, -0.2) is 27.6 Å². The van der Waals surface area contributed by atoms with E-state index in [9.17, 15) is 4.79 Å². The second kappa shape index (κ2) is 9.39. The van der Waals surface area contributed by atoms with Gasteiger partial charge in [-0.3, -0.25) is 4.79 Å². The van der Waals surface area contributed by atoms with Crippen molar-refractivity contribution in [3.05, 3.63) is 34.9 Å². The molecular weight excluding hydrogens is 358 g/mol. The first-order valence-corrected chi connectivity index (χ1v) is 9.94. The molecule has 1 amide bonds. The van der Waals surface area contributed by atoms with Crippen LogP contribution in [0.4, 0.5) is 0 Å². The Morgan fingerprint density at radius 1 is 1.27 bits per heavy atom. The summed E-state index contributed by atoms with van der Waals surface area (Å²) in [6.45, 7) is 2.57. The van der Waals surface area contributed by atoms with E-state index in [4.69, 9.17) is 11.6 Å². The topological polar surface area (TPSA) is 54.9 Å². The second-order valence-electron chi connectivity index (χ2n) is 4.34. The zero-order valence-electron chi connectivity index (χ0n) is 12.0. The zero-order valence-corrected chi connectivity index (χ0v) is 15.2. The van der Waals surface area contributed by atoms with Crippen molar-refractivity contribution in [2.45, 2.75) is 28.6 Å². The van der Waals surface area contributed by atoms with Crippen LogP contribution in [0.5, 0.6) is 0 Å². The number of hydrogen-bond acceptors (Lipinski definition) is 6. The van der Waals surface area contributed by atoms with Crippen molar-refractivity contribution in [3.8, 4) is 0 Å². The first-order valence-electron chi connectivity index (χ1n) is 6.78. The summed E-state index contributed by atoms with van der Waals surface area (Å²) in [4.78, 5) is 11.9. The molecule has 0 aliphatic heterocycles. The molecule has 0 saturated heterocycles. The maximum atomic E-state index is 11.9. The summed E-state index contributed by atoms with van der Waals surface area (Å²) in [6, 6.07) is 7.48. The van der Waals surface area contributed by atoms with Gasteiger partial charge in [-0.25, -0.2) is 0 Å². The standard InChI is InChI=1S/C14H16ClN3OS3/c1-2-7-20-13-17-18-14(22-13)21-9-12(19)16-8-10-5-3-4-6-11(10)15/h3-6H,2,7-9H2,1H3,(H,16,19). The third-order valence-corrected chi connectivity index (χ3v) is 6.34. The molecule has 0 spiro atoms. The van der Waals surface area contributed by atoms with Crippen LogP contribution >= 0.6 is 46.5 Å². The lowest BCUT2D eigenvalue weighted by molar-refractivity contribution is -0.118. The van der Waals surface area contributed by atoms with E-state index in [1.165, 1.54) is 23.1 Å². The molecule has 8 heteroatoms. The molecule has 2 aromatic rings. The van der Waals surface area contributed by atoms with Gasteiger partial charge in [-0.1, -0.05) is 71.6 Å². The van der Waals surface area contributed by atoms with E-state index in [-0.39, 0.29) is 5.91 Å². The van der Waals surface area contributed by atoms with Gasteiger partial charge in [0, 0.05) is 17.3 Å². The summed E-state index contributed by atoms with van der Waals surface area (Å²) in [7, 11) is 0. The van der Waals surface area contributed by atoms with Crippen molar-refractivity contribution < 1.29 is 4.79 Å². The fourth-order valence-electron chi connectivity index (χ4n) is 1.52. The minimum absolute atomic E-state index is 0.0390. The van der Waals surface area contributed by atoms with E-state index in [0.717, 1.165) is 26.4 Å². The predicted octanol–water partition coefficient (Wildman–Crippen LogP) is 4.10. The number of nitrogens with one attached hydrogen (secondary N) is 1. The van der Waals surface area contributed by atoms with E-state index in [1.54, 1.807) is 11.8 Å². The SMILES string of the molecule is CCCSc1nnc(SCC(=O)NCc2ccccc2Cl)s1. The van der Waals surface area contributed by atoms with Crippen LogP contribution < -0.4 is 5.32 Å². The summed E-state index contributed by atoms with van der Waals surface area (Å²) in [5.74, 6) is 1.33. The lowest BCUT2D eigenvalue weighted by Crippen LogP contribution is -2.24. The third kappa shape index (κ3) is 5.79. The summed E-state index contributed by atoms with van der Waals surface area (Å²) in [6.07, 6.45) is 1.11. The number of benzene rings is 1. The Bertz CT molecular complexity index is 621. The largest absolute Gasteiger partial charge is 0.351 e. The predicted molar refractivity (Wildman–Crippen MR) is 94.9 cm³/mol. The lowest BCUT2D eigenvalue weighted by atomic mass is 10.2. The highest BCUT2D eigenvalue weighted by Crippen LogP contribution is 2.28. The maximum absolute atomic E-state index is 11.9. The lowest BCUT2D eigenvalue weighted by Gasteiger charge is -2.05. The number of halogens is 1. The molecule has 0 fully saturated rings. The Morgan fingerprint density at radius 3 is 2.73 bits per heavy atom. The van der Waals surface area contributed by atoms with Crippen molar-refractivity contribution in [3.63, 3.8) is 0 Å². The highest BCUT2D eigenvalue weighted by molar-refractivity contribution is 8.03. The quantitative estimate of drug-likeness (QED) is 0.706. The van der Waals surface area contributed by atoms with Crippen LogP contribution in [-0.2, 0) is 11.3 Å². The van der Waals surface area contributed by atoms with E-state index < -0.39 is 0 Å². The molecule has 22 heavy (non-hydrogen) atoms. The first-order chi connectivity index (χ1) is 10.7. The molecular formula is C14H16ClN3OS3. The van der Waals surface area contributed by atoms with Gasteiger partial charge in [0.2, 0.25) is 5.91 Å². The molecule has 0 unspecified atom stereocenters. The maximum Gasteiger partial charge on any atom is 0.230 e. The summed E-state index contributed by atoms with van der Waals surface area (Å²) >= 11 is 10.7. The fraction of sp³-hybridized carbons (Fsp3) is 0.357. The minimum atomic E-state index is -0.0390. The van der Waals surface area contributed by atoms with Crippen LogP contribution in [0.3, 0.4) is 0 Å². The van der Waals surface area contributed by atoms with Gasteiger partial charge in [0.25, 0.3) is 0 Å². The average molecular weight is 374 g/mol. The fourth-order valence-corrected chi connectivity index (χ4v) is 4.49. The van der Waals surface area contributed by atoms with Gasteiger partial charge < -0.3 is 5.32 Å². The summed E-state index contributed by atoms with van der Waals surface area (Å²) in [5.41, 5.74) is 0.914. The number of carbonyl (C=O) groups excluding carboxylic acids is 1. The normalized spacial score (nSPS) is 10.6. The van der Waals surface area contributed by atoms with Crippen LogP contribution in [0.2, 0.25) is 5.02 Å². The van der Waals surface area contributed by atoms with E-state index in [1.807, 2.05) is 24.3 Å². The third-order valence-electron chi connectivity index (χ3n) is 2.58. The molecule has 1 heterocycles. The monoisotopic (exact) mass is 373 g/mol. The Labute approximate surface area is 147 Å². The summed E-state index contributed by atoms with van der Waals surface area (Å²) in [5, 5.41) is 11.7. The second-order valence-corrected chi connectivity index (χ2v) is 8.29.